The van der Waals surface area contributed by atoms with Crippen LogP contribution >= 0.6 is 24.0 Å². The summed E-state index contributed by atoms with van der Waals surface area (Å²) in [4.78, 5) is 32.4. The van der Waals surface area contributed by atoms with Crippen LogP contribution in [0.2, 0.25) is 0 Å². The van der Waals surface area contributed by atoms with E-state index in [1.807, 2.05) is 17.9 Å². The Labute approximate surface area is 196 Å². The van der Waals surface area contributed by atoms with E-state index in [1.54, 1.807) is 7.05 Å². The van der Waals surface area contributed by atoms with Crippen molar-refractivity contribution in [1.29, 1.82) is 0 Å². The molecule has 2 aliphatic rings. The standard InChI is InChI=1S/C22H32N4O3.HI/c1-3-29-21(28)19-9-5-12-26(16-19)22(23-2)24-14-17-7-4-8-18(13-17)15-25-11-6-10-20(25)27;/h4,7-8,13,19H,3,5-6,9-12,14-16H2,1-2H3,(H,23,24);1H. The first-order valence-corrected chi connectivity index (χ1v) is 10.6. The van der Waals surface area contributed by atoms with E-state index in [0.29, 0.717) is 32.7 Å². The molecule has 7 nitrogen and oxygen atoms in total. The van der Waals surface area contributed by atoms with E-state index in [1.165, 1.54) is 0 Å². The summed E-state index contributed by atoms with van der Waals surface area (Å²) in [6, 6.07) is 8.32. The Morgan fingerprint density at radius 1 is 1.27 bits per heavy atom. The summed E-state index contributed by atoms with van der Waals surface area (Å²) < 4.78 is 5.19. The molecular formula is C22H33IN4O3. The first-order chi connectivity index (χ1) is 14.1. The normalized spacial score (nSPS) is 19.5. The third-order valence-corrected chi connectivity index (χ3v) is 5.54. The van der Waals surface area contributed by atoms with Crippen molar-refractivity contribution in [2.75, 3.05) is 33.3 Å². The third kappa shape index (κ3) is 6.58. The summed E-state index contributed by atoms with van der Waals surface area (Å²) in [5.41, 5.74) is 2.30. The van der Waals surface area contributed by atoms with E-state index in [0.717, 1.165) is 49.4 Å². The highest BCUT2D eigenvalue weighted by Gasteiger charge is 2.28. The van der Waals surface area contributed by atoms with Crippen molar-refractivity contribution in [1.82, 2.24) is 15.1 Å². The molecule has 0 radical (unpaired) electrons. The van der Waals surface area contributed by atoms with Gasteiger partial charge in [0.2, 0.25) is 5.91 Å². The Bertz CT molecular complexity index is 756. The molecule has 0 saturated carbocycles. The number of hydrogen-bond acceptors (Lipinski definition) is 4. The number of carbonyl (C=O) groups is 2. The van der Waals surface area contributed by atoms with Crippen LogP contribution < -0.4 is 5.32 Å². The molecule has 2 fully saturated rings. The second-order valence-electron chi connectivity index (χ2n) is 7.68. The lowest BCUT2D eigenvalue weighted by molar-refractivity contribution is -0.149. The van der Waals surface area contributed by atoms with Crippen LogP contribution in [-0.2, 0) is 27.4 Å². The fourth-order valence-corrected chi connectivity index (χ4v) is 4.06. The molecule has 0 bridgehead atoms. The number of esters is 1. The Balaban J connectivity index is 0.00000320. The zero-order valence-electron chi connectivity index (χ0n) is 17.9. The maximum atomic E-state index is 12.1. The monoisotopic (exact) mass is 528 g/mol. The molecule has 2 aliphatic heterocycles. The first-order valence-electron chi connectivity index (χ1n) is 10.6. The van der Waals surface area contributed by atoms with Crippen molar-refractivity contribution < 1.29 is 14.3 Å². The van der Waals surface area contributed by atoms with E-state index < -0.39 is 0 Å². The largest absolute Gasteiger partial charge is 0.466 e. The number of nitrogens with one attached hydrogen (secondary N) is 1. The molecule has 8 heteroatoms. The number of likely N-dealkylation sites (tertiary alicyclic amines) is 2. The van der Waals surface area contributed by atoms with Gasteiger partial charge >= 0.3 is 5.97 Å². The number of aliphatic imine (C=N–C) groups is 1. The van der Waals surface area contributed by atoms with Gasteiger partial charge in [-0.05, 0) is 37.3 Å². The van der Waals surface area contributed by atoms with Crippen LogP contribution in [0.3, 0.4) is 0 Å². The van der Waals surface area contributed by atoms with Crippen LogP contribution in [0.5, 0.6) is 0 Å². The lowest BCUT2D eigenvalue weighted by Gasteiger charge is -2.34. The average molecular weight is 528 g/mol. The fraction of sp³-hybridized carbons (Fsp3) is 0.591. The summed E-state index contributed by atoms with van der Waals surface area (Å²) in [6.45, 7) is 5.95. The summed E-state index contributed by atoms with van der Waals surface area (Å²) in [6.07, 6.45) is 3.44. The van der Waals surface area contributed by atoms with Crippen molar-refractivity contribution in [2.45, 2.75) is 45.7 Å². The van der Waals surface area contributed by atoms with Gasteiger partial charge in [-0.25, -0.2) is 0 Å². The van der Waals surface area contributed by atoms with E-state index in [4.69, 9.17) is 4.74 Å². The van der Waals surface area contributed by atoms with E-state index in [2.05, 4.69) is 33.4 Å². The Hall–Kier alpha value is -1.84. The van der Waals surface area contributed by atoms with Crippen molar-refractivity contribution in [3.8, 4) is 0 Å². The van der Waals surface area contributed by atoms with Crippen molar-refractivity contribution in [3.63, 3.8) is 0 Å². The van der Waals surface area contributed by atoms with Gasteiger partial charge < -0.3 is 19.9 Å². The van der Waals surface area contributed by atoms with Crippen molar-refractivity contribution >= 4 is 41.8 Å². The molecule has 1 unspecified atom stereocenters. The van der Waals surface area contributed by atoms with Gasteiger partial charge in [-0.2, -0.15) is 0 Å². The summed E-state index contributed by atoms with van der Waals surface area (Å²) >= 11 is 0. The lowest BCUT2D eigenvalue weighted by Crippen LogP contribution is -2.48. The number of ether oxygens (including phenoxy) is 1. The van der Waals surface area contributed by atoms with Crippen LogP contribution in [0.4, 0.5) is 0 Å². The number of rotatable bonds is 6. The predicted octanol–water partition coefficient (Wildman–Crippen LogP) is 2.78. The number of benzene rings is 1. The smallest absolute Gasteiger partial charge is 0.310 e. The maximum absolute atomic E-state index is 12.1. The van der Waals surface area contributed by atoms with Crippen LogP contribution in [-0.4, -0.2) is 60.9 Å². The minimum atomic E-state index is -0.114. The van der Waals surface area contributed by atoms with Gasteiger partial charge in [0.25, 0.3) is 0 Å². The first kappa shape index (κ1) is 24.4. The van der Waals surface area contributed by atoms with Gasteiger partial charge in [0, 0.05) is 46.2 Å². The topological polar surface area (TPSA) is 74.2 Å². The molecule has 0 spiro atoms. The molecule has 2 heterocycles. The quantitative estimate of drug-likeness (QED) is 0.266. The number of hydrogen-bond donors (Lipinski definition) is 1. The third-order valence-electron chi connectivity index (χ3n) is 5.54. The zero-order valence-corrected chi connectivity index (χ0v) is 20.3. The molecule has 1 aromatic rings. The number of carbonyl (C=O) groups excluding carboxylic acids is 2. The summed E-state index contributed by atoms with van der Waals surface area (Å²) in [5.74, 6) is 0.842. The molecular weight excluding hydrogens is 495 g/mol. The molecule has 30 heavy (non-hydrogen) atoms. The minimum Gasteiger partial charge on any atom is -0.466 e. The molecule has 0 aromatic heterocycles. The Kier molecular flexibility index (Phi) is 9.87. The molecule has 1 atom stereocenters. The number of halogens is 1. The van der Waals surface area contributed by atoms with Gasteiger partial charge in [0.15, 0.2) is 5.96 Å². The number of piperidine rings is 1. The highest BCUT2D eigenvalue weighted by molar-refractivity contribution is 14.0. The van der Waals surface area contributed by atoms with Crippen molar-refractivity contribution in [3.05, 3.63) is 35.4 Å². The van der Waals surface area contributed by atoms with Crippen LogP contribution in [0, 0.1) is 5.92 Å². The molecule has 1 amide bonds. The Morgan fingerprint density at radius 2 is 2.07 bits per heavy atom. The van der Waals surface area contributed by atoms with E-state index in [9.17, 15) is 9.59 Å². The predicted molar refractivity (Wildman–Crippen MR) is 128 cm³/mol. The second kappa shape index (κ2) is 12.1. The van der Waals surface area contributed by atoms with Gasteiger partial charge in [-0.15, -0.1) is 24.0 Å². The molecule has 2 saturated heterocycles. The van der Waals surface area contributed by atoms with E-state index in [-0.39, 0.29) is 41.8 Å². The highest BCUT2D eigenvalue weighted by Crippen LogP contribution is 2.19. The number of nitrogens with zero attached hydrogens (tertiary/aromatic N) is 3. The van der Waals surface area contributed by atoms with Gasteiger partial charge in [0.1, 0.15) is 0 Å². The molecule has 166 valence electrons. The van der Waals surface area contributed by atoms with Gasteiger partial charge in [-0.1, -0.05) is 24.3 Å². The van der Waals surface area contributed by atoms with E-state index >= 15 is 0 Å². The second-order valence-corrected chi connectivity index (χ2v) is 7.68. The maximum Gasteiger partial charge on any atom is 0.310 e. The molecule has 1 N–H and O–H groups in total. The average Bonchev–Trinajstić information content (AvgIpc) is 3.13. The summed E-state index contributed by atoms with van der Waals surface area (Å²) in [7, 11) is 1.77. The minimum absolute atomic E-state index is 0. The molecule has 0 aliphatic carbocycles. The van der Waals surface area contributed by atoms with Crippen LogP contribution in [0.25, 0.3) is 0 Å². The number of guanidine groups is 1. The van der Waals surface area contributed by atoms with Gasteiger partial charge in [0.05, 0.1) is 12.5 Å². The molecule has 1 aromatic carbocycles. The summed E-state index contributed by atoms with van der Waals surface area (Å²) in [5, 5.41) is 3.42. The number of amides is 1. The zero-order chi connectivity index (χ0) is 20.6. The molecule has 3 rings (SSSR count). The Morgan fingerprint density at radius 3 is 2.77 bits per heavy atom. The highest BCUT2D eigenvalue weighted by atomic mass is 127. The fourth-order valence-electron chi connectivity index (χ4n) is 4.06. The van der Waals surface area contributed by atoms with Crippen molar-refractivity contribution in [2.24, 2.45) is 10.9 Å². The SMILES string of the molecule is CCOC(=O)C1CCCN(C(=NC)NCc2cccc(CN3CCCC3=O)c2)C1.I. The van der Waals surface area contributed by atoms with Gasteiger partial charge in [-0.3, -0.25) is 14.6 Å². The van der Waals surface area contributed by atoms with Crippen LogP contribution in [0.15, 0.2) is 29.3 Å². The lowest BCUT2D eigenvalue weighted by atomic mass is 9.98. The van der Waals surface area contributed by atoms with Crippen LogP contribution in [0.1, 0.15) is 43.7 Å².